The molecule has 0 spiro atoms. The minimum atomic E-state index is -2.60. The molecule has 0 bridgehead atoms. The number of nitrogens with zero attached hydrogens (tertiary/aromatic N) is 4. The van der Waals surface area contributed by atoms with Crippen LogP contribution in [0.25, 0.3) is 10.9 Å². The number of rotatable bonds is 4. The summed E-state index contributed by atoms with van der Waals surface area (Å²) >= 11 is 0. The van der Waals surface area contributed by atoms with Gasteiger partial charge in [-0.3, -0.25) is 19.1 Å². The zero-order valence-corrected chi connectivity index (χ0v) is 16.2. The lowest BCUT2D eigenvalue weighted by molar-refractivity contribution is -0.126. The number of nitrogens with one attached hydrogen (secondary N) is 1. The lowest BCUT2D eigenvalue weighted by atomic mass is 10.1. The molecule has 2 aromatic rings. The zero-order valence-electron chi connectivity index (χ0n) is 16.2. The van der Waals surface area contributed by atoms with E-state index in [1.165, 1.54) is 6.33 Å². The van der Waals surface area contributed by atoms with Crippen molar-refractivity contribution in [2.45, 2.75) is 38.3 Å². The molecule has 2 fully saturated rings. The van der Waals surface area contributed by atoms with Crippen molar-refractivity contribution in [1.29, 1.82) is 0 Å². The number of hydrogen-bond donors (Lipinski definition) is 1. The third kappa shape index (κ3) is 4.24. The maximum Gasteiger partial charge on any atom is 0.261 e. The lowest BCUT2D eigenvalue weighted by Crippen LogP contribution is -2.54. The highest BCUT2D eigenvalue weighted by Gasteiger charge is 2.30. The smallest absolute Gasteiger partial charge is 0.261 e. The maximum absolute atomic E-state index is 12.6. The van der Waals surface area contributed by atoms with E-state index in [9.17, 15) is 18.4 Å². The first-order valence-electron chi connectivity index (χ1n) is 10.1. The summed E-state index contributed by atoms with van der Waals surface area (Å²) < 4.78 is 26.1. The summed E-state index contributed by atoms with van der Waals surface area (Å²) in [4.78, 5) is 33.3. The van der Waals surface area contributed by atoms with Gasteiger partial charge in [0.2, 0.25) is 5.91 Å². The van der Waals surface area contributed by atoms with Crippen LogP contribution in [-0.2, 0) is 11.3 Å². The maximum atomic E-state index is 12.6. The fourth-order valence-corrected chi connectivity index (χ4v) is 4.19. The van der Waals surface area contributed by atoms with E-state index in [1.54, 1.807) is 6.07 Å². The van der Waals surface area contributed by atoms with E-state index in [4.69, 9.17) is 0 Å². The molecule has 1 amide bonds. The van der Waals surface area contributed by atoms with Gasteiger partial charge < -0.3 is 10.2 Å². The molecular weight excluding hydrogens is 380 g/mol. The molecule has 1 N–H and O–H groups in total. The second-order valence-electron chi connectivity index (χ2n) is 7.62. The van der Waals surface area contributed by atoms with Crippen LogP contribution in [-0.4, -0.2) is 65.5 Å². The Morgan fingerprint density at radius 1 is 1.14 bits per heavy atom. The number of aromatic nitrogens is 2. The Balaban J connectivity index is 1.47. The summed E-state index contributed by atoms with van der Waals surface area (Å²) in [7, 11) is 0. The number of benzene rings is 1. The molecule has 9 heteroatoms. The van der Waals surface area contributed by atoms with Gasteiger partial charge in [-0.05, 0) is 37.5 Å². The summed E-state index contributed by atoms with van der Waals surface area (Å²) in [6.45, 7) is 3.24. The molecule has 2 saturated heterocycles. The minimum absolute atomic E-state index is 0.0498. The van der Waals surface area contributed by atoms with Crippen LogP contribution in [0.5, 0.6) is 0 Å². The van der Waals surface area contributed by atoms with Crippen molar-refractivity contribution in [3.05, 3.63) is 34.9 Å². The summed E-state index contributed by atoms with van der Waals surface area (Å²) in [5.74, 6) is 0.130. The quantitative estimate of drug-likeness (QED) is 0.834. The highest BCUT2D eigenvalue weighted by atomic mass is 19.3. The molecule has 29 heavy (non-hydrogen) atoms. The van der Waals surface area contributed by atoms with E-state index in [1.807, 2.05) is 12.1 Å². The van der Waals surface area contributed by atoms with Crippen molar-refractivity contribution in [3.8, 4) is 0 Å². The molecule has 2 aliphatic heterocycles. The molecule has 4 rings (SSSR count). The van der Waals surface area contributed by atoms with Gasteiger partial charge in [0.25, 0.3) is 12.0 Å². The van der Waals surface area contributed by atoms with Crippen LogP contribution in [0.15, 0.2) is 29.3 Å². The zero-order chi connectivity index (χ0) is 20.4. The number of halogens is 2. The number of anilines is 1. The number of carbonyl (C=O) groups is 1. The summed E-state index contributed by atoms with van der Waals surface area (Å²) in [6, 6.07) is 5.28. The number of carbonyl (C=O) groups excluding carboxylic acids is 1. The Morgan fingerprint density at radius 3 is 2.69 bits per heavy atom. The van der Waals surface area contributed by atoms with E-state index in [0.29, 0.717) is 10.9 Å². The summed E-state index contributed by atoms with van der Waals surface area (Å²) in [6.07, 6.45) is 1.58. The Morgan fingerprint density at radius 2 is 1.93 bits per heavy atom. The molecular formula is C20H25F2N5O2. The van der Waals surface area contributed by atoms with Gasteiger partial charge in [-0.2, -0.15) is 0 Å². The van der Waals surface area contributed by atoms with E-state index in [-0.39, 0.29) is 11.9 Å². The number of alkyl halides is 2. The fraction of sp³-hybridized carbons (Fsp3) is 0.550. The Hall–Kier alpha value is -2.55. The van der Waals surface area contributed by atoms with Crippen LogP contribution in [0.2, 0.25) is 0 Å². The van der Waals surface area contributed by atoms with Crippen molar-refractivity contribution in [3.63, 3.8) is 0 Å². The van der Waals surface area contributed by atoms with Gasteiger partial charge >= 0.3 is 0 Å². The third-order valence-electron chi connectivity index (χ3n) is 5.77. The number of hydrogen-bond acceptors (Lipinski definition) is 5. The van der Waals surface area contributed by atoms with Crippen LogP contribution in [0.1, 0.15) is 19.3 Å². The molecule has 0 aliphatic carbocycles. The van der Waals surface area contributed by atoms with Crippen LogP contribution < -0.4 is 15.8 Å². The van der Waals surface area contributed by atoms with Crippen molar-refractivity contribution in [2.75, 3.05) is 37.6 Å². The fourth-order valence-electron chi connectivity index (χ4n) is 4.19. The van der Waals surface area contributed by atoms with Crippen molar-refractivity contribution >= 4 is 22.5 Å². The third-order valence-corrected chi connectivity index (χ3v) is 5.77. The van der Waals surface area contributed by atoms with Gasteiger partial charge in [0.05, 0.1) is 29.8 Å². The van der Waals surface area contributed by atoms with Gasteiger partial charge in [-0.25, -0.2) is 13.8 Å². The average molecular weight is 405 g/mol. The van der Waals surface area contributed by atoms with Gasteiger partial charge in [0, 0.05) is 38.4 Å². The second-order valence-corrected chi connectivity index (χ2v) is 7.62. The first-order valence-corrected chi connectivity index (χ1v) is 10.1. The molecule has 1 unspecified atom stereocenters. The second kappa shape index (κ2) is 8.44. The minimum Gasteiger partial charge on any atom is -0.369 e. The molecule has 1 aromatic heterocycles. The van der Waals surface area contributed by atoms with Gasteiger partial charge in [0.1, 0.15) is 0 Å². The Labute approximate surface area is 167 Å². The Kier molecular flexibility index (Phi) is 5.75. The molecule has 0 radical (unpaired) electrons. The normalized spacial score (nSPS) is 21.4. The molecule has 3 heterocycles. The molecule has 7 nitrogen and oxygen atoms in total. The van der Waals surface area contributed by atoms with Gasteiger partial charge in [0.15, 0.2) is 0 Å². The standard InChI is InChI=1S/C20H25F2N5O2/c21-18(22)12-27-13-24-16-11-14(4-5-15(16)20(27)29)25-7-9-26(10-8-25)17-3-1-2-6-23-19(17)28/h4-5,11,13,17-18H,1-3,6-10,12H2,(H,23,28). The Bertz CT molecular complexity index is 940. The molecule has 2 aliphatic rings. The SMILES string of the molecule is O=C1NCCCCC1N1CCN(c2ccc3c(=O)n(CC(F)F)cnc3c2)CC1. The summed E-state index contributed by atoms with van der Waals surface area (Å²) in [5, 5.41) is 3.33. The number of fused-ring (bicyclic) bond motifs is 1. The topological polar surface area (TPSA) is 70.5 Å². The van der Waals surface area contributed by atoms with Crippen LogP contribution in [0.4, 0.5) is 14.5 Å². The highest BCUT2D eigenvalue weighted by Crippen LogP contribution is 2.22. The first kappa shape index (κ1) is 19.8. The summed E-state index contributed by atoms with van der Waals surface area (Å²) in [5.41, 5.74) is 0.996. The van der Waals surface area contributed by atoms with Crippen LogP contribution in [0, 0.1) is 0 Å². The molecule has 0 saturated carbocycles. The van der Waals surface area contributed by atoms with Crippen molar-refractivity contribution < 1.29 is 13.6 Å². The predicted octanol–water partition coefficient (Wildman–Crippen LogP) is 1.45. The average Bonchev–Trinajstić information content (AvgIpc) is 2.94. The highest BCUT2D eigenvalue weighted by molar-refractivity contribution is 5.82. The van der Waals surface area contributed by atoms with E-state index in [0.717, 1.165) is 62.2 Å². The van der Waals surface area contributed by atoms with Gasteiger partial charge in [-0.1, -0.05) is 0 Å². The van der Waals surface area contributed by atoms with E-state index < -0.39 is 18.5 Å². The van der Waals surface area contributed by atoms with Crippen LogP contribution >= 0.6 is 0 Å². The van der Waals surface area contributed by atoms with Crippen molar-refractivity contribution in [1.82, 2.24) is 19.8 Å². The van der Waals surface area contributed by atoms with Crippen molar-refractivity contribution in [2.24, 2.45) is 0 Å². The molecule has 156 valence electrons. The van der Waals surface area contributed by atoms with Gasteiger partial charge in [-0.15, -0.1) is 0 Å². The number of amides is 1. The molecule has 1 atom stereocenters. The lowest BCUT2D eigenvalue weighted by Gasteiger charge is -2.39. The monoisotopic (exact) mass is 405 g/mol. The van der Waals surface area contributed by atoms with E-state index in [2.05, 4.69) is 20.1 Å². The first-order chi connectivity index (χ1) is 14.0. The number of piperazine rings is 1. The van der Waals surface area contributed by atoms with Crippen LogP contribution in [0.3, 0.4) is 0 Å². The predicted molar refractivity (Wildman–Crippen MR) is 106 cm³/mol. The van der Waals surface area contributed by atoms with E-state index >= 15 is 0 Å². The molecule has 1 aromatic carbocycles. The largest absolute Gasteiger partial charge is 0.369 e.